The number of rotatable bonds is 7. The van der Waals surface area contributed by atoms with Gasteiger partial charge in [-0.2, -0.15) is 5.10 Å². The van der Waals surface area contributed by atoms with E-state index in [9.17, 15) is 4.79 Å². The van der Waals surface area contributed by atoms with E-state index in [1.165, 1.54) is 31.5 Å². The minimum atomic E-state index is -0.0153. The summed E-state index contributed by atoms with van der Waals surface area (Å²) in [5.41, 5.74) is 6.87. The maximum absolute atomic E-state index is 12.7. The third kappa shape index (κ3) is 5.89. The van der Waals surface area contributed by atoms with Crippen molar-refractivity contribution in [2.75, 3.05) is 13.1 Å². The van der Waals surface area contributed by atoms with Crippen molar-refractivity contribution in [2.45, 2.75) is 67.0 Å². The summed E-state index contributed by atoms with van der Waals surface area (Å²) in [5.74, 6) is 1.32. The van der Waals surface area contributed by atoms with Gasteiger partial charge in [0.25, 0.3) is 5.95 Å². The summed E-state index contributed by atoms with van der Waals surface area (Å²) in [6, 6.07) is 10.5. The van der Waals surface area contributed by atoms with Gasteiger partial charge in [-0.15, -0.1) is 0 Å². The molecule has 180 valence electrons. The number of hydrogen-bond donors (Lipinski definition) is 1. The van der Waals surface area contributed by atoms with Crippen LogP contribution < -0.4 is 5.32 Å². The molecule has 0 saturated carbocycles. The van der Waals surface area contributed by atoms with E-state index >= 15 is 0 Å². The second kappa shape index (κ2) is 10.5. The zero-order chi connectivity index (χ0) is 24.2. The minimum absolute atomic E-state index is 0.0153. The van der Waals surface area contributed by atoms with E-state index in [1.807, 2.05) is 33.8 Å². The molecular formula is C27H36N6O. The fourth-order valence-electron chi connectivity index (χ4n) is 4.80. The van der Waals surface area contributed by atoms with Crippen molar-refractivity contribution in [3.63, 3.8) is 0 Å². The van der Waals surface area contributed by atoms with E-state index in [0.29, 0.717) is 12.5 Å². The van der Waals surface area contributed by atoms with Crippen molar-refractivity contribution in [1.82, 2.24) is 30.0 Å². The fraction of sp³-hybridized carbons (Fsp3) is 0.481. The molecule has 7 heteroatoms. The maximum Gasteiger partial charge on any atom is 0.251 e. The summed E-state index contributed by atoms with van der Waals surface area (Å²) in [7, 11) is 0. The molecule has 1 atom stereocenters. The molecule has 4 rings (SSSR count). The van der Waals surface area contributed by atoms with Gasteiger partial charge in [0.15, 0.2) is 0 Å². The van der Waals surface area contributed by atoms with E-state index in [0.717, 1.165) is 46.4 Å². The van der Waals surface area contributed by atoms with Gasteiger partial charge in [0, 0.05) is 42.3 Å². The highest BCUT2D eigenvalue weighted by Crippen LogP contribution is 2.19. The van der Waals surface area contributed by atoms with Gasteiger partial charge >= 0.3 is 0 Å². The first-order valence-corrected chi connectivity index (χ1v) is 12.2. The van der Waals surface area contributed by atoms with Crippen LogP contribution in [0.4, 0.5) is 0 Å². The van der Waals surface area contributed by atoms with Crippen LogP contribution in [0.15, 0.2) is 30.3 Å². The minimum Gasteiger partial charge on any atom is -0.352 e. The largest absolute Gasteiger partial charge is 0.352 e. The van der Waals surface area contributed by atoms with Crippen LogP contribution in [-0.4, -0.2) is 43.6 Å². The molecule has 3 heterocycles. The van der Waals surface area contributed by atoms with Crippen molar-refractivity contribution >= 4 is 5.91 Å². The molecule has 1 unspecified atom stereocenters. The van der Waals surface area contributed by atoms with Crippen LogP contribution in [0, 0.1) is 33.6 Å². The molecule has 1 fully saturated rings. The van der Waals surface area contributed by atoms with E-state index in [4.69, 9.17) is 0 Å². The molecule has 2 aromatic heterocycles. The summed E-state index contributed by atoms with van der Waals surface area (Å²) >= 11 is 0. The normalized spacial score (nSPS) is 16.6. The van der Waals surface area contributed by atoms with Gasteiger partial charge in [-0.25, -0.2) is 14.6 Å². The Morgan fingerprint density at radius 2 is 1.74 bits per heavy atom. The topological polar surface area (TPSA) is 75.9 Å². The molecule has 0 bridgehead atoms. The molecule has 7 nitrogen and oxygen atoms in total. The van der Waals surface area contributed by atoms with Crippen LogP contribution in [0.2, 0.25) is 0 Å². The zero-order valence-electron chi connectivity index (χ0n) is 21.1. The van der Waals surface area contributed by atoms with Crippen molar-refractivity contribution in [3.05, 3.63) is 69.8 Å². The Morgan fingerprint density at radius 1 is 1.06 bits per heavy atom. The lowest BCUT2D eigenvalue weighted by Crippen LogP contribution is -2.33. The molecule has 0 spiro atoms. The molecule has 1 saturated heterocycles. The van der Waals surface area contributed by atoms with Gasteiger partial charge < -0.3 is 5.32 Å². The molecule has 1 N–H and O–H groups in total. The van der Waals surface area contributed by atoms with Crippen molar-refractivity contribution in [3.8, 4) is 5.95 Å². The van der Waals surface area contributed by atoms with E-state index in [-0.39, 0.29) is 12.3 Å². The number of piperidine rings is 1. The molecule has 1 amide bonds. The summed E-state index contributed by atoms with van der Waals surface area (Å²) in [6.07, 6.45) is 2.92. The van der Waals surface area contributed by atoms with Gasteiger partial charge in [-0.3, -0.25) is 9.69 Å². The molecule has 1 aromatic carbocycles. The highest BCUT2D eigenvalue weighted by Gasteiger charge is 2.18. The summed E-state index contributed by atoms with van der Waals surface area (Å²) < 4.78 is 1.74. The number of carbonyl (C=O) groups excluding carboxylic acids is 1. The standard InChI is InChI=1S/C27H36N6O/c1-18-7-6-12-32(16-18)17-24-10-8-23(9-11-24)15-28-26(34)14-25-21(4)31-33(22(25)5)27-29-19(2)13-20(3)30-27/h8-11,13,18H,6-7,12,14-17H2,1-5H3,(H,28,34). The lowest BCUT2D eigenvalue weighted by molar-refractivity contribution is -0.120. The third-order valence-corrected chi connectivity index (χ3v) is 6.60. The second-order valence-electron chi connectivity index (χ2n) is 9.76. The Balaban J connectivity index is 1.34. The van der Waals surface area contributed by atoms with Crippen molar-refractivity contribution < 1.29 is 4.79 Å². The maximum atomic E-state index is 12.7. The fourth-order valence-corrected chi connectivity index (χ4v) is 4.80. The van der Waals surface area contributed by atoms with Crippen LogP contribution in [0.25, 0.3) is 5.95 Å². The third-order valence-electron chi connectivity index (χ3n) is 6.60. The molecular weight excluding hydrogens is 424 g/mol. The first-order valence-electron chi connectivity index (χ1n) is 12.2. The smallest absolute Gasteiger partial charge is 0.251 e. The van der Waals surface area contributed by atoms with Gasteiger partial charge in [0.2, 0.25) is 5.91 Å². The molecule has 34 heavy (non-hydrogen) atoms. The summed E-state index contributed by atoms with van der Waals surface area (Å²) in [4.78, 5) is 24.3. The lowest BCUT2D eigenvalue weighted by Gasteiger charge is -2.30. The molecule has 0 radical (unpaired) electrons. The molecule has 3 aromatic rings. The Hall–Kier alpha value is -3.06. The number of hydrogen-bond acceptors (Lipinski definition) is 5. The number of aromatic nitrogens is 4. The quantitative estimate of drug-likeness (QED) is 0.577. The molecule has 1 aliphatic heterocycles. The van der Waals surface area contributed by atoms with Crippen LogP contribution in [0.1, 0.15) is 59.2 Å². The first kappa shape index (κ1) is 24.1. The Labute approximate surface area is 202 Å². The molecule has 0 aliphatic carbocycles. The average molecular weight is 461 g/mol. The van der Waals surface area contributed by atoms with Crippen LogP contribution >= 0.6 is 0 Å². The monoisotopic (exact) mass is 460 g/mol. The average Bonchev–Trinajstić information content (AvgIpc) is 3.06. The first-order chi connectivity index (χ1) is 16.3. The Kier molecular flexibility index (Phi) is 7.41. The number of nitrogens with one attached hydrogen (secondary N) is 1. The number of aryl methyl sites for hydroxylation is 3. The van der Waals surface area contributed by atoms with Gasteiger partial charge in [0.05, 0.1) is 12.1 Å². The van der Waals surface area contributed by atoms with E-state index in [1.54, 1.807) is 4.68 Å². The van der Waals surface area contributed by atoms with Crippen molar-refractivity contribution in [2.24, 2.45) is 5.92 Å². The number of amides is 1. The Morgan fingerprint density at radius 3 is 2.41 bits per heavy atom. The van der Waals surface area contributed by atoms with Crippen molar-refractivity contribution in [1.29, 1.82) is 0 Å². The highest BCUT2D eigenvalue weighted by molar-refractivity contribution is 5.79. The van der Waals surface area contributed by atoms with Gasteiger partial charge in [-0.05, 0) is 70.2 Å². The number of carbonyl (C=O) groups is 1. The Bertz CT molecular complexity index is 1130. The lowest BCUT2D eigenvalue weighted by atomic mass is 9.99. The predicted molar refractivity (Wildman–Crippen MR) is 134 cm³/mol. The van der Waals surface area contributed by atoms with E-state index in [2.05, 4.69) is 56.5 Å². The number of nitrogens with zero attached hydrogens (tertiary/aromatic N) is 5. The predicted octanol–water partition coefficient (Wildman–Crippen LogP) is 3.99. The zero-order valence-corrected chi connectivity index (χ0v) is 21.1. The van der Waals surface area contributed by atoms with Crippen LogP contribution in [0.3, 0.4) is 0 Å². The number of benzene rings is 1. The molecule has 1 aliphatic rings. The SMILES string of the molecule is Cc1cc(C)nc(-n2nc(C)c(CC(=O)NCc3ccc(CN4CCCC(C)C4)cc3)c2C)n1. The summed E-state index contributed by atoms with van der Waals surface area (Å²) in [6.45, 7) is 14.0. The number of likely N-dealkylation sites (tertiary alicyclic amines) is 1. The van der Waals surface area contributed by atoms with Gasteiger partial charge in [-0.1, -0.05) is 31.2 Å². The van der Waals surface area contributed by atoms with E-state index < -0.39 is 0 Å². The van der Waals surface area contributed by atoms with Crippen LogP contribution in [0.5, 0.6) is 0 Å². The second-order valence-corrected chi connectivity index (χ2v) is 9.76. The highest BCUT2D eigenvalue weighted by atomic mass is 16.1. The van der Waals surface area contributed by atoms with Gasteiger partial charge in [0.1, 0.15) is 0 Å². The summed E-state index contributed by atoms with van der Waals surface area (Å²) in [5, 5.41) is 7.66. The van der Waals surface area contributed by atoms with Crippen LogP contribution in [-0.2, 0) is 24.3 Å².